The van der Waals surface area contributed by atoms with Crippen molar-refractivity contribution in [3.05, 3.63) is 53.3 Å². The maximum Gasteiger partial charge on any atom is 0.344 e. The van der Waals surface area contributed by atoms with Gasteiger partial charge in [-0.25, -0.2) is 4.79 Å². The second-order valence-electron chi connectivity index (χ2n) is 7.61. The topological polar surface area (TPSA) is 58.4 Å². The Morgan fingerprint density at radius 3 is 2.70 bits per heavy atom. The summed E-state index contributed by atoms with van der Waals surface area (Å²) in [5.41, 5.74) is 2.92. The summed E-state index contributed by atoms with van der Waals surface area (Å²) in [5.74, 6) is -0.133. The minimum absolute atomic E-state index is 0.126. The van der Waals surface area contributed by atoms with Crippen LogP contribution in [0.4, 0.5) is 4.79 Å². The van der Waals surface area contributed by atoms with E-state index in [9.17, 15) is 9.59 Å². The van der Waals surface area contributed by atoms with E-state index in [0.29, 0.717) is 18.3 Å². The van der Waals surface area contributed by atoms with E-state index in [1.165, 1.54) is 22.7 Å². The van der Waals surface area contributed by atoms with E-state index in [1.54, 1.807) is 12.3 Å². The molecule has 144 valence electrons. The van der Waals surface area contributed by atoms with Crippen molar-refractivity contribution in [3.63, 3.8) is 0 Å². The van der Waals surface area contributed by atoms with E-state index in [-0.39, 0.29) is 17.9 Å². The first-order chi connectivity index (χ1) is 12.8. The number of piperidine rings is 1. The van der Waals surface area contributed by atoms with Crippen molar-refractivity contribution in [1.29, 1.82) is 0 Å². The fourth-order valence-corrected chi connectivity index (χ4v) is 3.81. The number of aryl methyl sites for hydroxylation is 1. The van der Waals surface area contributed by atoms with E-state index in [0.717, 1.165) is 19.4 Å². The molecule has 6 nitrogen and oxygen atoms in total. The fourth-order valence-electron chi connectivity index (χ4n) is 3.81. The van der Waals surface area contributed by atoms with Gasteiger partial charge in [-0.1, -0.05) is 29.8 Å². The van der Waals surface area contributed by atoms with Crippen LogP contribution < -0.4 is 0 Å². The molecule has 1 amide bonds. The molecule has 1 aromatic heterocycles. The van der Waals surface area contributed by atoms with Crippen molar-refractivity contribution in [3.8, 4) is 0 Å². The van der Waals surface area contributed by atoms with Gasteiger partial charge in [0.1, 0.15) is 5.69 Å². The molecule has 1 aliphatic heterocycles. The molecule has 1 aromatic carbocycles. The average molecular weight is 368 g/mol. The maximum atomic E-state index is 12.8. The number of nitrogens with zero attached hydrogens (tertiary/aromatic N) is 4. The number of hydrogen-bond acceptors (Lipinski definition) is 4. The van der Waals surface area contributed by atoms with Gasteiger partial charge in [0.15, 0.2) is 5.78 Å². The maximum absolute atomic E-state index is 12.8. The first-order valence-corrected chi connectivity index (χ1v) is 9.48. The molecule has 1 aliphatic rings. The monoisotopic (exact) mass is 368 g/mol. The van der Waals surface area contributed by atoms with Crippen molar-refractivity contribution < 1.29 is 9.59 Å². The average Bonchev–Trinajstić information content (AvgIpc) is 3.11. The highest BCUT2D eigenvalue weighted by Gasteiger charge is 2.31. The van der Waals surface area contributed by atoms with E-state index in [4.69, 9.17) is 0 Å². The smallest absolute Gasteiger partial charge is 0.320 e. The highest BCUT2D eigenvalue weighted by molar-refractivity contribution is 5.92. The molecule has 1 saturated heterocycles. The van der Waals surface area contributed by atoms with Crippen LogP contribution >= 0.6 is 0 Å². The van der Waals surface area contributed by atoms with Crippen LogP contribution in [0, 0.1) is 6.92 Å². The summed E-state index contributed by atoms with van der Waals surface area (Å²) >= 11 is 0. The summed E-state index contributed by atoms with van der Waals surface area (Å²) in [4.78, 5) is 28.4. The standard InChI is InChI=1S/C21H28N4O2/c1-15-6-5-7-18(12-15)14-23(4)19-8-10-24(16(2)13-19)21(27)25-11-9-20(22-25)17(3)26/h5-7,9,11-12,16,19H,8,10,13-14H2,1-4H3/t16-,19-/m1/s1. The molecule has 27 heavy (non-hydrogen) atoms. The Kier molecular flexibility index (Phi) is 5.75. The SMILES string of the molecule is CC(=O)c1ccn(C(=O)N2CC[C@@H](N(C)Cc3cccc(C)c3)C[C@H]2C)n1. The minimum Gasteiger partial charge on any atom is -0.320 e. The zero-order valence-corrected chi connectivity index (χ0v) is 16.6. The van der Waals surface area contributed by atoms with E-state index in [1.807, 2.05) is 4.90 Å². The van der Waals surface area contributed by atoms with Gasteiger partial charge in [0.2, 0.25) is 0 Å². The number of rotatable bonds is 4. The lowest BCUT2D eigenvalue weighted by atomic mass is 9.97. The van der Waals surface area contributed by atoms with Crippen LogP contribution in [0.3, 0.4) is 0 Å². The number of carbonyl (C=O) groups is 2. The van der Waals surface area contributed by atoms with Crippen LogP contribution in [0.1, 0.15) is 48.3 Å². The predicted molar refractivity (Wildman–Crippen MR) is 105 cm³/mol. The third-order valence-electron chi connectivity index (χ3n) is 5.38. The highest BCUT2D eigenvalue weighted by atomic mass is 16.2. The van der Waals surface area contributed by atoms with Gasteiger partial charge in [-0.3, -0.25) is 9.69 Å². The summed E-state index contributed by atoms with van der Waals surface area (Å²) < 4.78 is 1.28. The molecule has 2 heterocycles. The first kappa shape index (κ1) is 19.3. The molecule has 0 spiro atoms. The number of amides is 1. The van der Waals surface area contributed by atoms with Crippen LogP contribution in [0.25, 0.3) is 0 Å². The number of ketones is 1. The van der Waals surface area contributed by atoms with Crippen LogP contribution in [0.5, 0.6) is 0 Å². The summed E-state index contributed by atoms with van der Waals surface area (Å²) in [5, 5.41) is 4.10. The normalized spacial score (nSPS) is 20.1. The number of carbonyl (C=O) groups excluding carboxylic acids is 2. The molecule has 0 saturated carbocycles. The van der Waals surface area contributed by atoms with Crippen molar-refractivity contribution >= 4 is 11.8 Å². The Hall–Kier alpha value is -2.47. The fraction of sp³-hybridized carbons (Fsp3) is 0.476. The van der Waals surface area contributed by atoms with Gasteiger partial charge in [-0.05, 0) is 45.4 Å². The highest BCUT2D eigenvalue weighted by Crippen LogP contribution is 2.23. The second-order valence-corrected chi connectivity index (χ2v) is 7.61. The third kappa shape index (κ3) is 4.45. The van der Waals surface area contributed by atoms with Gasteiger partial charge in [-0.15, -0.1) is 0 Å². The number of Topliss-reactive ketones (excluding diaryl/α,β-unsaturated/α-hetero) is 1. The Balaban J connectivity index is 1.61. The number of likely N-dealkylation sites (tertiary alicyclic amines) is 1. The lowest BCUT2D eigenvalue weighted by Gasteiger charge is -2.40. The number of benzene rings is 1. The van der Waals surface area contributed by atoms with Crippen molar-refractivity contribution in [2.75, 3.05) is 13.6 Å². The lowest BCUT2D eigenvalue weighted by molar-refractivity contribution is 0.0974. The summed E-state index contributed by atoms with van der Waals surface area (Å²) in [6, 6.07) is 10.6. The van der Waals surface area contributed by atoms with Gasteiger partial charge >= 0.3 is 6.03 Å². The predicted octanol–water partition coefficient (Wildman–Crippen LogP) is 3.35. The Labute approximate surface area is 160 Å². The van der Waals surface area contributed by atoms with Crippen molar-refractivity contribution in [1.82, 2.24) is 19.6 Å². The number of aromatic nitrogens is 2. The molecular formula is C21H28N4O2. The van der Waals surface area contributed by atoms with Crippen molar-refractivity contribution in [2.45, 2.75) is 52.2 Å². The van der Waals surface area contributed by atoms with Crippen LogP contribution in [0.2, 0.25) is 0 Å². The minimum atomic E-state index is -0.158. The van der Waals surface area contributed by atoms with E-state index < -0.39 is 0 Å². The van der Waals surface area contributed by atoms with Crippen LogP contribution in [0.15, 0.2) is 36.5 Å². The molecule has 6 heteroatoms. The largest absolute Gasteiger partial charge is 0.344 e. The summed E-state index contributed by atoms with van der Waals surface area (Å²) in [7, 11) is 2.16. The van der Waals surface area contributed by atoms with Gasteiger partial charge in [0.05, 0.1) is 0 Å². The van der Waals surface area contributed by atoms with Crippen molar-refractivity contribution in [2.24, 2.45) is 0 Å². The second kappa shape index (κ2) is 8.05. The third-order valence-corrected chi connectivity index (χ3v) is 5.38. The van der Waals surface area contributed by atoms with Gasteiger partial charge < -0.3 is 4.90 Å². The van der Waals surface area contributed by atoms with Crippen LogP contribution in [-0.4, -0.2) is 57.1 Å². The Morgan fingerprint density at radius 1 is 1.30 bits per heavy atom. The van der Waals surface area contributed by atoms with Crippen LogP contribution in [-0.2, 0) is 6.54 Å². The quantitative estimate of drug-likeness (QED) is 0.777. The number of hydrogen-bond donors (Lipinski definition) is 0. The van der Waals surface area contributed by atoms with E-state index in [2.05, 4.69) is 55.2 Å². The molecule has 3 rings (SSSR count). The molecule has 2 atom stereocenters. The van der Waals surface area contributed by atoms with Gasteiger partial charge in [0, 0.05) is 38.3 Å². The molecule has 0 bridgehead atoms. The van der Waals surface area contributed by atoms with Gasteiger partial charge in [0.25, 0.3) is 0 Å². The summed E-state index contributed by atoms with van der Waals surface area (Å²) in [6.45, 7) is 7.25. The Bertz CT molecular complexity index is 829. The summed E-state index contributed by atoms with van der Waals surface area (Å²) in [6.07, 6.45) is 3.43. The first-order valence-electron chi connectivity index (χ1n) is 9.48. The molecule has 2 aromatic rings. The zero-order valence-electron chi connectivity index (χ0n) is 16.6. The van der Waals surface area contributed by atoms with E-state index >= 15 is 0 Å². The molecule has 0 N–H and O–H groups in total. The Morgan fingerprint density at radius 2 is 2.07 bits per heavy atom. The molecule has 0 aliphatic carbocycles. The zero-order chi connectivity index (χ0) is 19.6. The molecule has 1 fully saturated rings. The van der Waals surface area contributed by atoms with Gasteiger partial charge in [-0.2, -0.15) is 9.78 Å². The lowest BCUT2D eigenvalue weighted by Crippen LogP contribution is -2.51. The molecule has 0 unspecified atom stereocenters. The molecule has 0 radical (unpaired) electrons. The molecular weight excluding hydrogens is 340 g/mol.